The van der Waals surface area contributed by atoms with Crippen LogP contribution in [-0.2, 0) is 11.4 Å². The van der Waals surface area contributed by atoms with Gasteiger partial charge >= 0.3 is 0 Å². The lowest BCUT2D eigenvalue weighted by Gasteiger charge is -2.33. The Morgan fingerprint density at radius 3 is 2.89 bits per heavy atom. The number of amides is 1. The van der Waals surface area contributed by atoms with Crippen LogP contribution in [0.4, 0.5) is 5.69 Å². The fourth-order valence-corrected chi connectivity index (χ4v) is 1.99. The van der Waals surface area contributed by atoms with Gasteiger partial charge in [0.2, 0.25) is 0 Å². The maximum absolute atomic E-state index is 12.1. The zero-order valence-electron chi connectivity index (χ0n) is 10.6. The van der Waals surface area contributed by atoms with Gasteiger partial charge in [-0.05, 0) is 31.5 Å². The first-order valence-corrected chi connectivity index (χ1v) is 5.89. The summed E-state index contributed by atoms with van der Waals surface area (Å²) in [5.41, 5.74) is 2.42. The molecule has 4 nitrogen and oxygen atoms in total. The van der Waals surface area contributed by atoms with Gasteiger partial charge in [-0.2, -0.15) is 0 Å². The second-order valence-electron chi connectivity index (χ2n) is 4.60. The molecule has 1 amide bonds. The van der Waals surface area contributed by atoms with E-state index in [-0.39, 0.29) is 12.5 Å². The molecule has 0 bridgehead atoms. The van der Waals surface area contributed by atoms with Gasteiger partial charge in [0.25, 0.3) is 5.91 Å². The molecule has 96 valence electrons. The number of aliphatic hydroxyl groups excluding tert-OH is 1. The van der Waals surface area contributed by atoms with Crippen molar-refractivity contribution in [1.82, 2.24) is 0 Å². The van der Waals surface area contributed by atoms with E-state index < -0.39 is 6.10 Å². The molecule has 1 N–H and O–H groups in total. The zero-order chi connectivity index (χ0) is 13.3. The SMILES string of the molecule is C=C(C)CN1C(=O)C(C)Oc2cc(CO)ccc21. The van der Waals surface area contributed by atoms with Crippen LogP contribution in [0.5, 0.6) is 5.75 Å². The van der Waals surface area contributed by atoms with E-state index in [4.69, 9.17) is 9.84 Å². The average Bonchev–Trinajstić information content (AvgIpc) is 2.33. The van der Waals surface area contributed by atoms with Crippen LogP contribution >= 0.6 is 0 Å². The number of fused-ring (bicyclic) bond motifs is 1. The van der Waals surface area contributed by atoms with Crippen LogP contribution in [0.1, 0.15) is 19.4 Å². The van der Waals surface area contributed by atoms with Gasteiger partial charge in [0.05, 0.1) is 12.3 Å². The number of nitrogens with zero attached hydrogens (tertiary/aromatic N) is 1. The van der Waals surface area contributed by atoms with Crippen LogP contribution in [0.2, 0.25) is 0 Å². The molecule has 0 fully saturated rings. The number of rotatable bonds is 3. The lowest BCUT2D eigenvalue weighted by Crippen LogP contribution is -2.45. The Hall–Kier alpha value is -1.81. The van der Waals surface area contributed by atoms with E-state index in [1.54, 1.807) is 30.0 Å². The van der Waals surface area contributed by atoms with Gasteiger partial charge in [0.15, 0.2) is 6.10 Å². The number of carbonyl (C=O) groups is 1. The van der Waals surface area contributed by atoms with Gasteiger partial charge in [0.1, 0.15) is 5.75 Å². The van der Waals surface area contributed by atoms with E-state index in [1.165, 1.54) is 0 Å². The summed E-state index contributed by atoms with van der Waals surface area (Å²) in [4.78, 5) is 13.8. The van der Waals surface area contributed by atoms with E-state index in [0.29, 0.717) is 12.3 Å². The van der Waals surface area contributed by atoms with Gasteiger partial charge in [-0.3, -0.25) is 4.79 Å². The van der Waals surface area contributed by atoms with Crippen molar-refractivity contribution in [3.8, 4) is 5.75 Å². The summed E-state index contributed by atoms with van der Waals surface area (Å²) in [6, 6.07) is 5.36. The molecule has 1 atom stereocenters. The molecule has 1 aromatic carbocycles. The highest BCUT2D eigenvalue weighted by atomic mass is 16.5. The Balaban J connectivity index is 2.43. The van der Waals surface area contributed by atoms with Crippen LogP contribution < -0.4 is 9.64 Å². The second kappa shape index (κ2) is 4.82. The van der Waals surface area contributed by atoms with Crippen LogP contribution in [0, 0.1) is 0 Å². The predicted molar refractivity (Wildman–Crippen MR) is 69.6 cm³/mol. The fourth-order valence-electron chi connectivity index (χ4n) is 1.99. The molecular weight excluding hydrogens is 230 g/mol. The molecule has 1 aliphatic heterocycles. The second-order valence-corrected chi connectivity index (χ2v) is 4.60. The summed E-state index contributed by atoms with van der Waals surface area (Å²) in [6.45, 7) is 7.89. The monoisotopic (exact) mass is 247 g/mol. The highest BCUT2D eigenvalue weighted by Gasteiger charge is 2.31. The fraction of sp³-hybridized carbons (Fsp3) is 0.357. The molecule has 18 heavy (non-hydrogen) atoms. The summed E-state index contributed by atoms with van der Waals surface area (Å²) < 4.78 is 5.57. The maximum atomic E-state index is 12.1. The summed E-state index contributed by atoms with van der Waals surface area (Å²) in [6.07, 6.45) is -0.509. The first kappa shape index (κ1) is 12.6. The molecule has 0 aromatic heterocycles. The first-order chi connectivity index (χ1) is 8.52. The Bertz CT molecular complexity index is 496. The highest BCUT2D eigenvalue weighted by molar-refractivity contribution is 6.00. The Labute approximate surface area is 106 Å². The van der Waals surface area contributed by atoms with Crippen molar-refractivity contribution in [1.29, 1.82) is 0 Å². The summed E-state index contributed by atoms with van der Waals surface area (Å²) in [7, 11) is 0. The number of hydrogen-bond donors (Lipinski definition) is 1. The van der Waals surface area contributed by atoms with Gasteiger partial charge in [-0.25, -0.2) is 0 Å². The van der Waals surface area contributed by atoms with Crippen molar-refractivity contribution >= 4 is 11.6 Å². The summed E-state index contributed by atoms with van der Waals surface area (Å²) in [5, 5.41) is 9.12. The quantitative estimate of drug-likeness (QED) is 0.829. The number of ether oxygens (including phenoxy) is 1. The van der Waals surface area contributed by atoms with E-state index in [1.807, 2.05) is 6.92 Å². The molecule has 0 aliphatic carbocycles. The molecule has 0 spiro atoms. The van der Waals surface area contributed by atoms with E-state index in [0.717, 1.165) is 16.8 Å². The van der Waals surface area contributed by atoms with Gasteiger partial charge in [0, 0.05) is 6.54 Å². The van der Waals surface area contributed by atoms with Crippen molar-refractivity contribution < 1.29 is 14.6 Å². The number of benzene rings is 1. The summed E-state index contributed by atoms with van der Waals surface area (Å²) >= 11 is 0. The number of hydrogen-bond acceptors (Lipinski definition) is 3. The molecule has 4 heteroatoms. The molecule has 0 saturated carbocycles. The molecule has 0 radical (unpaired) electrons. The van der Waals surface area contributed by atoms with E-state index >= 15 is 0 Å². The minimum absolute atomic E-state index is 0.0422. The third kappa shape index (κ3) is 2.24. The maximum Gasteiger partial charge on any atom is 0.268 e. The average molecular weight is 247 g/mol. The highest BCUT2D eigenvalue weighted by Crippen LogP contribution is 2.35. The van der Waals surface area contributed by atoms with Gasteiger partial charge in [-0.1, -0.05) is 18.2 Å². The van der Waals surface area contributed by atoms with Crippen LogP contribution in [0.25, 0.3) is 0 Å². The topological polar surface area (TPSA) is 49.8 Å². The van der Waals surface area contributed by atoms with Crippen LogP contribution in [0.15, 0.2) is 30.4 Å². The lowest BCUT2D eigenvalue weighted by atomic mass is 10.1. The van der Waals surface area contributed by atoms with Crippen LogP contribution in [-0.4, -0.2) is 23.7 Å². The third-order valence-electron chi connectivity index (χ3n) is 2.84. The molecule has 1 aliphatic rings. The minimum atomic E-state index is -0.509. The number of carbonyl (C=O) groups excluding carboxylic acids is 1. The number of aliphatic hydroxyl groups is 1. The molecule has 0 saturated heterocycles. The van der Waals surface area contributed by atoms with E-state index in [2.05, 4.69) is 6.58 Å². The van der Waals surface area contributed by atoms with E-state index in [9.17, 15) is 4.79 Å². The smallest absolute Gasteiger partial charge is 0.268 e. The lowest BCUT2D eigenvalue weighted by molar-refractivity contribution is -0.125. The standard InChI is InChI=1S/C14H17NO3/c1-9(2)7-15-12-5-4-11(8-16)6-13(12)18-10(3)14(15)17/h4-6,10,16H,1,7-8H2,2-3H3. The zero-order valence-corrected chi connectivity index (χ0v) is 10.6. The molecule has 1 unspecified atom stereocenters. The third-order valence-corrected chi connectivity index (χ3v) is 2.84. The van der Waals surface area contributed by atoms with Crippen molar-refractivity contribution in [2.24, 2.45) is 0 Å². The minimum Gasteiger partial charge on any atom is -0.479 e. The predicted octanol–water partition coefficient (Wildman–Crippen LogP) is 1.87. The van der Waals surface area contributed by atoms with Crippen molar-refractivity contribution in [3.63, 3.8) is 0 Å². The van der Waals surface area contributed by atoms with Crippen molar-refractivity contribution in [2.45, 2.75) is 26.6 Å². The normalized spacial score (nSPS) is 18.3. The van der Waals surface area contributed by atoms with Crippen LogP contribution in [0.3, 0.4) is 0 Å². The Morgan fingerprint density at radius 2 is 2.28 bits per heavy atom. The van der Waals surface area contributed by atoms with Crippen molar-refractivity contribution in [2.75, 3.05) is 11.4 Å². The van der Waals surface area contributed by atoms with Gasteiger partial charge < -0.3 is 14.7 Å². The Morgan fingerprint density at radius 1 is 1.56 bits per heavy atom. The van der Waals surface area contributed by atoms with Gasteiger partial charge in [-0.15, -0.1) is 0 Å². The largest absolute Gasteiger partial charge is 0.479 e. The molecule has 1 aromatic rings. The summed E-state index contributed by atoms with van der Waals surface area (Å²) in [5.74, 6) is 0.567. The molecular formula is C14H17NO3. The molecule has 1 heterocycles. The first-order valence-electron chi connectivity index (χ1n) is 5.89. The Kier molecular flexibility index (Phi) is 3.39. The number of anilines is 1. The molecule has 2 rings (SSSR count). The van der Waals surface area contributed by atoms with Crippen molar-refractivity contribution in [3.05, 3.63) is 35.9 Å².